The van der Waals surface area contributed by atoms with E-state index in [0.29, 0.717) is 12.5 Å². The van der Waals surface area contributed by atoms with Crippen LogP contribution in [-0.4, -0.2) is 29.2 Å². The van der Waals surface area contributed by atoms with E-state index in [-0.39, 0.29) is 24.0 Å². The van der Waals surface area contributed by atoms with Gasteiger partial charge in [0.2, 0.25) is 0 Å². The summed E-state index contributed by atoms with van der Waals surface area (Å²) in [7, 11) is 0. The van der Waals surface area contributed by atoms with Crippen molar-refractivity contribution < 1.29 is 0 Å². The molecule has 0 radical (unpaired) electrons. The van der Waals surface area contributed by atoms with E-state index in [0.717, 1.165) is 28.6 Å². The second-order valence-corrected chi connectivity index (χ2v) is 4.82. The fourth-order valence-electron chi connectivity index (χ4n) is 1.01. The highest BCUT2D eigenvalue weighted by Crippen LogP contribution is 2.07. The van der Waals surface area contributed by atoms with E-state index in [2.05, 4.69) is 27.1 Å². The third-order valence-electron chi connectivity index (χ3n) is 1.73. The lowest BCUT2D eigenvalue weighted by atomic mass is 10.4. The molecule has 7 heteroatoms. The van der Waals surface area contributed by atoms with E-state index in [1.165, 1.54) is 0 Å². The van der Waals surface area contributed by atoms with Crippen LogP contribution in [0, 0.1) is 6.92 Å². The van der Waals surface area contributed by atoms with Crippen molar-refractivity contribution in [1.29, 1.82) is 0 Å². The summed E-state index contributed by atoms with van der Waals surface area (Å²) < 4.78 is 0. The van der Waals surface area contributed by atoms with Crippen LogP contribution in [0.15, 0.2) is 17.1 Å². The van der Waals surface area contributed by atoms with Crippen molar-refractivity contribution in [1.82, 2.24) is 15.5 Å². The monoisotopic (exact) mass is 367 g/mol. The highest BCUT2D eigenvalue weighted by Gasteiger charge is 1.99. The maximum absolute atomic E-state index is 5.66. The van der Waals surface area contributed by atoms with Crippen molar-refractivity contribution >= 4 is 41.3 Å². The predicted octanol–water partition coefficient (Wildman–Crippen LogP) is 1.49. The zero-order valence-corrected chi connectivity index (χ0v) is 13.2. The van der Waals surface area contributed by atoms with Crippen LogP contribution >= 0.6 is 35.3 Å². The maximum atomic E-state index is 5.66. The van der Waals surface area contributed by atoms with Crippen LogP contribution in [-0.2, 0) is 6.42 Å². The van der Waals surface area contributed by atoms with Crippen LogP contribution in [0.4, 0.5) is 0 Å². The van der Waals surface area contributed by atoms with Crippen molar-refractivity contribution in [3.63, 3.8) is 0 Å². The molecule has 0 saturated carbocycles. The molecule has 3 N–H and O–H groups in total. The number of nitrogens with zero attached hydrogens (tertiary/aromatic N) is 3. The first-order valence-electron chi connectivity index (χ1n) is 5.05. The quantitative estimate of drug-likeness (QED) is 0.358. The van der Waals surface area contributed by atoms with Crippen molar-refractivity contribution in [2.75, 3.05) is 13.1 Å². The second-order valence-electron chi connectivity index (χ2n) is 3.55. The first kappa shape index (κ1) is 16.3. The molecule has 0 aliphatic carbocycles. The molecule has 1 rings (SSSR count). The largest absolute Gasteiger partial charge is 0.370 e. The molecule has 0 unspecified atom stereocenters. The van der Waals surface area contributed by atoms with Crippen molar-refractivity contribution in [3.8, 4) is 0 Å². The molecule has 0 amide bonds. The number of nitrogens with one attached hydrogen (secondary N) is 1. The van der Waals surface area contributed by atoms with Gasteiger partial charge in [0.05, 0.1) is 6.54 Å². The number of aryl methyl sites for hydroxylation is 1. The van der Waals surface area contributed by atoms with Crippen LogP contribution < -0.4 is 11.1 Å². The lowest BCUT2D eigenvalue weighted by molar-refractivity contribution is 0.829. The van der Waals surface area contributed by atoms with Gasteiger partial charge in [-0.05, 0) is 13.8 Å². The minimum Gasteiger partial charge on any atom is -0.370 e. The topological polar surface area (TPSA) is 76.2 Å². The molecule has 0 aliphatic heterocycles. The van der Waals surface area contributed by atoms with Crippen LogP contribution in [0.2, 0.25) is 0 Å². The van der Waals surface area contributed by atoms with Crippen molar-refractivity contribution in [3.05, 3.63) is 22.2 Å². The standard InChI is InChI=1S/C10H17N5S.HI/c1-7(2)6-13-10(11)12-5-4-9-15-14-8(3)16-9;/h1,4-6H2,2-3H3,(H3,11,12,13);1H. The van der Waals surface area contributed by atoms with E-state index in [1.807, 2.05) is 13.8 Å². The van der Waals surface area contributed by atoms with Crippen LogP contribution in [0.3, 0.4) is 0 Å². The van der Waals surface area contributed by atoms with Gasteiger partial charge >= 0.3 is 0 Å². The number of hydrogen-bond donors (Lipinski definition) is 2. The molecule has 0 saturated heterocycles. The molecule has 1 heterocycles. The number of nitrogens with two attached hydrogens (primary N) is 1. The van der Waals surface area contributed by atoms with E-state index in [9.17, 15) is 0 Å². The minimum atomic E-state index is 0. The van der Waals surface area contributed by atoms with Gasteiger partial charge in [0, 0.05) is 13.0 Å². The van der Waals surface area contributed by atoms with Gasteiger partial charge in [0.1, 0.15) is 10.0 Å². The summed E-state index contributed by atoms with van der Waals surface area (Å²) in [5, 5.41) is 13.0. The molecule has 0 atom stereocenters. The first-order valence-corrected chi connectivity index (χ1v) is 5.86. The Balaban J connectivity index is 0.00000256. The highest BCUT2D eigenvalue weighted by molar-refractivity contribution is 14.0. The summed E-state index contributed by atoms with van der Waals surface area (Å²) in [6.45, 7) is 8.90. The van der Waals surface area contributed by atoms with Gasteiger partial charge in [-0.15, -0.1) is 45.5 Å². The third-order valence-corrected chi connectivity index (χ3v) is 2.63. The Morgan fingerprint density at radius 3 is 2.76 bits per heavy atom. The molecule has 96 valence electrons. The highest BCUT2D eigenvalue weighted by atomic mass is 127. The first-order chi connectivity index (χ1) is 7.58. The average Bonchev–Trinajstić information content (AvgIpc) is 2.61. The molecule has 0 fully saturated rings. The molecular weight excluding hydrogens is 349 g/mol. The summed E-state index contributed by atoms with van der Waals surface area (Å²) in [5.41, 5.74) is 6.65. The lowest BCUT2D eigenvalue weighted by Crippen LogP contribution is -2.33. The zero-order valence-electron chi connectivity index (χ0n) is 10.1. The number of guanidine groups is 1. The third kappa shape index (κ3) is 7.27. The van der Waals surface area contributed by atoms with Gasteiger partial charge in [-0.1, -0.05) is 12.2 Å². The van der Waals surface area contributed by atoms with Crippen LogP contribution in [0.5, 0.6) is 0 Å². The Kier molecular flexibility index (Phi) is 8.05. The smallest absolute Gasteiger partial charge is 0.188 e. The fraction of sp³-hybridized carbons (Fsp3) is 0.500. The Bertz CT molecular complexity index is 388. The molecule has 1 aromatic heterocycles. The summed E-state index contributed by atoms with van der Waals surface area (Å²) >= 11 is 1.60. The number of rotatable bonds is 5. The Morgan fingerprint density at radius 1 is 1.53 bits per heavy atom. The van der Waals surface area contributed by atoms with Crippen molar-refractivity contribution in [2.45, 2.75) is 20.3 Å². The van der Waals surface area contributed by atoms with E-state index in [1.54, 1.807) is 11.3 Å². The molecule has 17 heavy (non-hydrogen) atoms. The zero-order chi connectivity index (χ0) is 12.0. The predicted molar refractivity (Wildman–Crippen MR) is 83.1 cm³/mol. The van der Waals surface area contributed by atoms with Gasteiger partial charge in [0.25, 0.3) is 0 Å². The second kappa shape index (κ2) is 8.40. The van der Waals surface area contributed by atoms with Crippen LogP contribution in [0.25, 0.3) is 0 Å². The molecule has 0 spiro atoms. The van der Waals surface area contributed by atoms with Gasteiger partial charge in [-0.3, -0.25) is 0 Å². The molecule has 0 aliphatic rings. The molecular formula is C10H18IN5S. The fourth-order valence-corrected chi connectivity index (χ4v) is 1.72. The summed E-state index contributed by atoms with van der Waals surface area (Å²) in [5.74, 6) is 0.448. The van der Waals surface area contributed by atoms with Crippen molar-refractivity contribution in [2.24, 2.45) is 10.7 Å². The average molecular weight is 367 g/mol. The number of halogens is 1. The Hall–Kier alpha value is -0.700. The summed E-state index contributed by atoms with van der Waals surface area (Å²) in [6.07, 6.45) is 0.814. The number of aliphatic imine (C=N–C) groups is 1. The Morgan fingerprint density at radius 2 is 2.24 bits per heavy atom. The Labute approximate surface area is 123 Å². The molecule has 5 nitrogen and oxygen atoms in total. The van der Waals surface area contributed by atoms with Gasteiger partial charge in [-0.2, -0.15) is 0 Å². The maximum Gasteiger partial charge on any atom is 0.188 e. The van der Waals surface area contributed by atoms with E-state index < -0.39 is 0 Å². The van der Waals surface area contributed by atoms with E-state index >= 15 is 0 Å². The SMILES string of the molecule is C=C(C)CN=C(N)NCCc1nnc(C)s1.I. The van der Waals surface area contributed by atoms with Gasteiger partial charge in [0.15, 0.2) is 5.96 Å². The number of aromatic nitrogens is 2. The molecule has 1 aromatic rings. The minimum absolute atomic E-state index is 0. The summed E-state index contributed by atoms with van der Waals surface area (Å²) in [4.78, 5) is 4.11. The normalized spacial score (nSPS) is 10.8. The van der Waals surface area contributed by atoms with Gasteiger partial charge < -0.3 is 11.1 Å². The van der Waals surface area contributed by atoms with Gasteiger partial charge in [-0.25, -0.2) is 4.99 Å². The molecule has 0 bridgehead atoms. The van der Waals surface area contributed by atoms with E-state index in [4.69, 9.17) is 5.73 Å². The lowest BCUT2D eigenvalue weighted by Gasteiger charge is -2.03. The number of hydrogen-bond acceptors (Lipinski definition) is 4. The molecule has 0 aromatic carbocycles. The summed E-state index contributed by atoms with van der Waals surface area (Å²) in [6, 6.07) is 0. The van der Waals surface area contributed by atoms with Crippen LogP contribution in [0.1, 0.15) is 16.9 Å².